The van der Waals surface area contributed by atoms with Gasteiger partial charge in [0.25, 0.3) is 5.91 Å². The van der Waals surface area contributed by atoms with Crippen molar-refractivity contribution in [1.82, 2.24) is 4.98 Å². The fraction of sp³-hybridized carbons (Fsp3) is 0.0714. The Labute approximate surface area is 130 Å². The highest BCUT2D eigenvalue weighted by molar-refractivity contribution is 6.33. The van der Waals surface area contributed by atoms with E-state index in [2.05, 4.69) is 15.0 Å². The molecule has 0 bridgehead atoms. The Bertz CT molecular complexity index is 704. The van der Waals surface area contributed by atoms with Gasteiger partial charge in [-0.05, 0) is 30.3 Å². The second-order valence-electron chi connectivity index (χ2n) is 4.01. The molecular formula is C14H10Cl2N2O3. The number of pyridine rings is 1. The van der Waals surface area contributed by atoms with E-state index in [9.17, 15) is 9.59 Å². The maximum absolute atomic E-state index is 12.1. The van der Waals surface area contributed by atoms with E-state index in [1.165, 1.54) is 37.6 Å². The third-order valence-corrected chi connectivity index (χ3v) is 3.15. The van der Waals surface area contributed by atoms with Crippen molar-refractivity contribution in [2.75, 3.05) is 12.4 Å². The van der Waals surface area contributed by atoms with E-state index in [0.29, 0.717) is 11.3 Å². The second-order valence-corrected chi connectivity index (χ2v) is 4.80. The van der Waals surface area contributed by atoms with Gasteiger partial charge in [-0.15, -0.1) is 0 Å². The van der Waals surface area contributed by atoms with Crippen molar-refractivity contribution in [2.45, 2.75) is 0 Å². The van der Waals surface area contributed by atoms with E-state index in [1.807, 2.05) is 0 Å². The van der Waals surface area contributed by atoms with Crippen LogP contribution in [0.2, 0.25) is 10.2 Å². The fourth-order valence-electron chi connectivity index (χ4n) is 1.62. The Kier molecular flexibility index (Phi) is 4.77. The van der Waals surface area contributed by atoms with E-state index in [-0.39, 0.29) is 21.6 Å². The largest absolute Gasteiger partial charge is 0.465 e. The molecule has 1 aromatic heterocycles. The molecule has 1 aromatic carbocycles. The van der Waals surface area contributed by atoms with Gasteiger partial charge in [-0.25, -0.2) is 9.78 Å². The van der Waals surface area contributed by atoms with Crippen LogP contribution in [0, 0.1) is 0 Å². The van der Waals surface area contributed by atoms with Gasteiger partial charge in [-0.1, -0.05) is 23.2 Å². The highest BCUT2D eigenvalue weighted by Crippen LogP contribution is 2.22. The Morgan fingerprint density at radius 3 is 2.62 bits per heavy atom. The lowest BCUT2D eigenvalue weighted by Gasteiger charge is -2.08. The number of rotatable bonds is 3. The summed E-state index contributed by atoms with van der Waals surface area (Å²) in [6, 6.07) is 7.49. The van der Waals surface area contributed by atoms with Gasteiger partial charge in [-0.3, -0.25) is 4.79 Å². The van der Waals surface area contributed by atoms with Crippen LogP contribution >= 0.6 is 23.2 Å². The van der Waals surface area contributed by atoms with Crippen LogP contribution in [0.15, 0.2) is 36.5 Å². The molecule has 7 heteroatoms. The number of carbonyl (C=O) groups excluding carboxylic acids is 2. The first-order chi connectivity index (χ1) is 10.0. The van der Waals surface area contributed by atoms with E-state index < -0.39 is 5.97 Å². The summed E-state index contributed by atoms with van der Waals surface area (Å²) in [5.74, 6) is -0.958. The molecule has 0 aliphatic heterocycles. The number of methoxy groups -OCH3 is 1. The molecule has 0 unspecified atom stereocenters. The summed E-state index contributed by atoms with van der Waals surface area (Å²) < 4.78 is 4.62. The number of esters is 1. The van der Waals surface area contributed by atoms with Gasteiger partial charge in [0, 0.05) is 17.4 Å². The molecular weight excluding hydrogens is 315 g/mol. The molecule has 1 amide bonds. The molecule has 0 fully saturated rings. The molecule has 0 aliphatic carbocycles. The van der Waals surface area contributed by atoms with Crippen molar-refractivity contribution < 1.29 is 14.3 Å². The third-order valence-electron chi connectivity index (χ3n) is 2.62. The molecule has 1 N–H and O–H groups in total. The minimum atomic E-state index is -0.581. The standard InChI is InChI=1S/C14H10Cl2N2O3/c1-21-14(20)10-7-9(2-3-11(10)15)18-13(19)8-4-5-17-12(16)6-8/h2-7H,1H3,(H,18,19). The fourth-order valence-corrected chi connectivity index (χ4v) is 1.98. The maximum atomic E-state index is 12.1. The number of hydrogen-bond acceptors (Lipinski definition) is 4. The second kappa shape index (κ2) is 6.56. The van der Waals surface area contributed by atoms with Crippen LogP contribution in [0.4, 0.5) is 5.69 Å². The molecule has 1 heterocycles. The van der Waals surface area contributed by atoms with Crippen LogP contribution in [0.3, 0.4) is 0 Å². The first kappa shape index (κ1) is 15.3. The molecule has 21 heavy (non-hydrogen) atoms. The molecule has 5 nitrogen and oxygen atoms in total. The highest BCUT2D eigenvalue weighted by atomic mass is 35.5. The molecule has 0 radical (unpaired) electrons. The summed E-state index contributed by atoms with van der Waals surface area (Å²) in [6.07, 6.45) is 1.43. The van der Waals surface area contributed by atoms with Crippen LogP contribution in [0.1, 0.15) is 20.7 Å². The molecule has 0 atom stereocenters. The average molecular weight is 325 g/mol. The SMILES string of the molecule is COC(=O)c1cc(NC(=O)c2ccnc(Cl)c2)ccc1Cl. The molecule has 0 aliphatic rings. The van der Waals surface area contributed by atoms with Gasteiger partial charge in [0.2, 0.25) is 0 Å². The van der Waals surface area contributed by atoms with Gasteiger partial charge in [0.15, 0.2) is 0 Å². The first-order valence-electron chi connectivity index (χ1n) is 5.82. The Balaban J connectivity index is 2.24. The first-order valence-corrected chi connectivity index (χ1v) is 6.57. The van der Waals surface area contributed by atoms with Crippen molar-refractivity contribution in [3.63, 3.8) is 0 Å². The van der Waals surface area contributed by atoms with Crippen LogP contribution in [-0.2, 0) is 4.74 Å². The minimum absolute atomic E-state index is 0.171. The zero-order chi connectivity index (χ0) is 15.4. The molecule has 108 valence electrons. The van der Waals surface area contributed by atoms with Crippen LogP contribution in [-0.4, -0.2) is 24.0 Å². The predicted octanol–water partition coefficient (Wildman–Crippen LogP) is 3.43. The zero-order valence-electron chi connectivity index (χ0n) is 10.9. The van der Waals surface area contributed by atoms with Crippen molar-refractivity contribution in [1.29, 1.82) is 0 Å². The quantitative estimate of drug-likeness (QED) is 0.693. The van der Waals surface area contributed by atoms with E-state index in [1.54, 1.807) is 6.07 Å². The zero-order valence-corrected chi connectivity index (χ0v) is 12.4. The van der Waals surface area contributed by atoms with Crippen molar-refractivity contribution in [2.24, 2.45) is 0 Å². The van der Waals surface area contributed by atoms with Crippen molar-refractivity contribution in [3.05, 3.63) is 57.8 Å². The van der Waals surface area contributed by atoms with Gasteiger partial charge < -0.3 is 10.1 Å². The lowest BCUT2D eigenvalue weighted by Crippen LogP contribution is -2.13. The number of anilines is 1. The number of halogens is 2. The smallest absolute Gasteiger partial charge is 0.339 e. The number of hydrogen-bond donors (Lipinski definition) is 1. The number of aromatic nitrogens is 1. The topological polar surface area (TPSA) is 68.3 Å². The number of ether oxygens (including phenoxy) is 1. The van der Waals surface area contributed by atoms with Crippen LogP contribution < -0.4 is 5.32 Å². The third kappa shape index (κ3) is 3.71. The van der Waals surface area contributed by atoms with Gasteiger partial charge in [0.05, 0.1) is 17.7 Å². The molecule has 0 spiro atoms. The van der Waals surface area contributed by atoms with Crippen LogP contribution in [0.25, 0.3) is 0 Å². The maximum Gasteiger partial charge on any atom is 0.339 e. The minimum Gasteiger partial charge on any atom is -0.465 e. The van der Waals surface area contributed by atoms with E-state index >= 15 is 0 Å². The summed E-state index contributed by atoms with van der Waals surface area (Å²) in [6.45, 7) is 0. The van der Waals surface area contributed by atoms with Gasteiger partial charge >= 0.3 is 5.97 Å². The summed E-state index contributed by atoms with van der Waals surface area (Å²) in [5.41, 5.74) is 0.937. The number of nitrogens with one attached hydrogen (secondary N) is 1. The van der Waals surface area contributed by atoms with Gasteiger partial charge in [0.1, 0.15) is 5.15 Å². The summed E-state index contributed by atoms with van der Waals surface area (Å²) in [4.78, 5) is 27.4. The van der Waals surface area contributed by atoms with Crippen molar-refractivity contribution >= 4 is 40.8 Å². The predicted molar refractivity (Wildman–Crippen MR) is 80.0 cm³/mol. The summed E-state index contributed by atoms with van der Waals surface area (Å²) in [5, 5.41) is 3.10. The Hall–Kier alpha value is -2.11. The molecule has 0 saturated carbocycles. The lowest BCUT2D eigenvalue weighted by atomic mass is 10.2. The van der Waals surface area contributed by atoms with Gasteiger partial charge in [-0.2, -0.15) is 0 Å². The van der Waals surface area contributed by atoms with E-state index in [4.69, 9.17) is 23.2 Å². The Morgan fingerprint density at radius 2 is 1.95 bits per heavy atom. The van der Waals surface area contributed by atoms with Crippen LogP contribution in [0.5, 0.6) is 0 Å². The molecule has 0 saturated heterocycles. The lowest BCUT2D eigenvalue weighted by molar-refractivity contribution is 0.0600. The summed E-state index contributed by atoms with van der Waals surface area (Å²) in [7, 11) is 1.25. The number of carbonyl (C=O) groups is 2. The number of benzene rings is 1. The average Bonchev–Trinajstić information content (AvgIpc) is 2.48. The monoisotopic (exact) mass is 324 g/mol. The number of nitrogens with zero attached hydrogens (tertiary/aromatic N) is 1. The van der Waals surface area contributed by atoms with E-state index in [0.717, 1.165) is 0 Å². The van der Waals surface area contributed by atoms with Crippen molar-refractivity contribution in [3.8, 4) is 0 Å². The number of amides is 1. The molecule has 2 aromatic rings. The molecule has 2 rings (SSSR count). The normalized spacial score (nSPS) is 10.0. The summed E-state index contributed by atoms with van der Waals surface area (Å²) >= 11 is 11.6. The Morgan fingerprint density at radius 1 is 1.19 bits per heavy atom. The highest BCUT2D eigenvalue weighted by Gasteiger charge is 2.13.